The fourth-order valence-corrected chi connectivity index (χ4v) is 3.74. The second kappa shape index (κ2) is 6.77. The number of anilines is 1. The van der Waals surface area contributed by atoms with Crippen LogP contribution in [-0.2, 0) is 0 Å². The highest BCUT2D eigenvalue weighted by Gasteiger charge is 2.11. The molecule has 2 aromatic rings. The van der Waals surface area contributed by atoms with Crippen molar-refractivity contribution in [2.75, 3.05) is 16.8 Å². The van der Waals surface area contributed by atoms with Crippen molar-refractivity contribution in [3.63, 3.8) is 0 Å². The van der Waals surface area contributed by atoms with Gasteiger partial charge in [-0.05, 0) is 49.4 Å². The van der Waals surface area contributed by atoms with Gasteiger partial charge in [-0.3, -0.25) is 0 Å². The molecule has 2 rings (SSSR count). The summed E-state index contributed by atoms with van der Waals surface area (Å²) in [5.41, 5.74) is 0. The van der Waals surface area contributed by atoms with Crippen molar-refractivity contribution >= 4 is 50.7 Å². The van der Waals surface area contributed by atoms with Gasteiger partial charge in [-0.1, -0.05) is 6.92 Å². The van der Waals surface area contributed by atoms with Crippen LogP contribution in [0.1, 0.15) is 25.1 Å². The molecule has 0 saturated carbocycles. The lowest BCUT2D eigenvalue weighted by Crippen LogP contribution is -2.17. The van der Waals surface area contributed by atoms with Crippen molar-refractivity contribution in [3.8, 4) is 0 Å². The number of thiophene rings is 1. The van der Waals surface area contributed by atoms with Crippen LogP contribution in [-0.4, -0.2) is 27.5 Å². The largest absolute Gasteiger partial charge is 0.367 e. The van der Waals surface area contributed by atoms with E-state index in [1.807, 2.05) is 11.8 Å². The Bertz CT molecular complexity index is 556. The molecule has 6 heteroatoms. The molecular weight excluding hydrogens is 298 g/mol. The molecule has 0 aromatic carbocycles. The molecule has 3 nitrogen and oxygen atoms in total. The Kier molecular flexibility index (Phi) is 5.30. The average molecular weight is 316 g/mol. The summed E-state index contributed by atoms with van der Waals surface area (Å²) in [5, 5.41) is 4.84. The van der Waals surface area contributed by atoms with Crippen molar-refractivity contribution in [1.29, 1.82) is 0 Å². The summed E-state index contributed by atoms with van der Waals surface area (Å²) in [7, 11) is 0. The van der Waals surface area contributed by atoms with Crippen LogP contribution in [0.5, 0.6) is 0 Å². The van der Waals surface area contributed by atoms with E-state index >= 15 is 0 Å². The quantitative estimate of drug-likeness (QED) is 0.624. The number of rotatable bonds is 6. The van der Waals surface area contributed by atoms with Gasteiger partial charge in [0.2, 0.25) is 5.28 Å². The molecule has 0 fully saturated rings. The first kappa shape index (κ1) is 14.9. The normalized spacial score (nSPS) is 12.8. The Balaban J connectivity index is 2.15. The van der Waals surface area contributed by atoms with Gasteiger partial charge in [0, 0.05) is 10.9 Å². The van der Waals surface area contributed by atoms with Crippen molar-refractivity contribution in [2.45, 2.75) is 33.2 Å². The number of thioether (sulfide) groups is 1. The minimum atomic E-state index is 0.312. The Morgan fingerprint density at radius 3 is 3.00 bits per heavy atom. The molecule has 104 valence electrons. The van der Waals surface area contributed by atoms with E-state index in [-0.39, 0.29) is 0 Å². The van der Waals surface area contributed by atoms with Gasteiger partial charge < -0.3 is 5.32 Å². The van der Waals surface area contributed by atoms with Crippen molar-refractivity contribution in [2.24, 2.45) is 0 Å². The smallest absolute Gasteiger partial charge is 0.225 e. The van der Waals surface area contributed by atoms with Gasteiger partial charge in [-0.25, -0.2) is 9.97 Å². The van der Waals surface area contributed by atoms with Gasteiger partial charge >= 0.3 is 0 Å². The maximum atomic E-state index is 5.98. The summed E-state index contributed by atoms with van der Waals surface area (Å²) < 4.78 is 0. The number of halogens is 1. The maximum absolute atomic E-state index is 5.98. The SMILES string of the molecule is CCSCCC(C)Nc1nc(Cl)nc2sc(C)cc12. The molecule has 0 amide bonds. The third-order valence-electron chi connectivity index (χ3n) is 2.77. The first-order valence-electron chi connectivity index (χ1n) is 6.38. The second-order valence-electron chi connectivity index (χ2n) is 4.45. The third kappa shape index (κ3) is 3.97. The van der Waals surface area contributed by atoms with E-state index in [0.29, 0.717) is 11.3 Å². The van der Waals surface area contributed by atoms with Crippen molar-refractivity contribution < 1.29 is 0 Å². The fourth-order valence-electron chi connectivity index (χ4n) is 1.84. The molecule has 2 aromatic heterocycles. The molecule has 1 unspecified atom stereocenters. The number of fused-ring (bicyclic) bond motifs is 1. The lowest BCUT2D eigenvalue weighted by atomic mass is 10.2. The molecule has 0 saturated heterocycles. The summed E-state index contributed by atoms with van der Waals surface area (Å²) in [4.78, 5) is 10.8. The highest BCUT2D eigenvalue weighted by Crippen LogP contribution is 2.30. The van der Waals surface area contributed by atoms with Gasteiger partial charge in [0.1, 0.15) is 10.6 Å². The lowest BCUT2D eigenvalue weighted by molar-refractivity contribution is 0.767. The summed E-state index contributed by atoms with van der Waals surface area (Å²) in [6.07, 6.45) is 1.12. The Hall–Kier alpha value is -0.520. The van der Waals surface area contributed by atoms with Crippen LogP contribution in [0.2, 0.25) is 5.28 Å². The van der Waals surface area contributed by atoms with Crippen LogP contribution in [0.4, 0.5) is 5.82 Å². The summed E-state index contributed by atoms with van der Waals surface area (Å²) in [6.45, 7) is 6.44. The van der Waals surface area contributed by atoms with Crippen LogP contribution in [0.15, 0.2) is 6.07 Å². The molecule has 0 aliphatic heterocycles. The van der Waals surface area contributed by atoms with Gasteiger partial charge in [0.25, 0.3) is 0 Å². The lowest BCUT2D eigenvalue weighted by Gasteiger charge is -2.14. The predicted molar refractivity (Wildman–Crippen MR) is 87.9 cm³/mol. The molecular formula is C13H18ClN3S2. The van der Waals surface area contributed by atoms with Crippen LogP contribution in [0.25, 0.3) is 10.2 Å². The number of hydrogen-bond acceptors (Lipinski definition) is 5. The van der Waals surface area contributed by atoms with Crippen molar-refractivity contribution in [3.05, 3.63) is 16.2 Å². The van der Waals surface area contributed by atoms with Crippen LogP contribution < -0.4 is 5.32 Å². The van der Waals surface area contributed by atoms with E-state index in [4.69, 9.17) is 11.6 Å². The van der Waals surface area contributed by atoms with E-state index in [2.05, 4.69) is 42.1 Å². The number of hydrogen-bond donors (Lipinski definition) is 1. The zero-order chi connectivity index (χ0) is 13.8. The molecule has 1 atom stereocenters. The molecule has 0 bridgehead atoms. The highest BCUT2D eigenvalue weighted by molar-refractivity contribution is 7.99. The number of nitrogens with one attached hydrogen (secondary N) is 1. The zero-order valence-corrected chi connectivity index (χ0v) is 13.8. The minimum absolute atomic E-state index is 0.312. The minimum Gasteiger partial charge on any atom is -0.367 e. The van der Waals surface area contributed by atoms with Crippen molar-refractivity contribution in [1.82, 2.24) is 9.97 Å². The van der Waals surface area contributed by atoms with E-state index < -0.39 is 0 Å². The van der Waals surface area contributed by atoms with Crippen LogP contribution >= 0.6 is 34.7 Å². The van der Waals surface area contributed by atoms with E-state index in [0.717, 1.165) is 28.2 Å². The first-order valence-corrected chi connectivity index (χ1v) is 8.73. The Morgan fingerprint density at radius 2 is 2.26 bits per heavy atom. The molecule has 2 heterocycles. The van der Waals surface area contributed by atoms with Crippen LogP contribution in [0, 0.1) is 6.92 Å². The van der Waals surface area contributed by atoms with E-state index in [1.54, 1.807) is 11.3 Å². The van der Waals surface area contributed by atoms with Crippen LogP contribution in [0.3, 0.4) is 0 Å². The fraction of sp³-hybridized carbons (Fsp3) is 0.538. The molecule has 1 N–H and O–H groups in total. The highest BCUT2D eigenvalue weighted by atomic mass is 35.5. The molecule has 0 aliphatic carbocycles. The van der Waals surface area contributed by atoms with Gasteiger partial charge in [-0.2, -0.15) is 11.8 Å². The summed E-state index contributed by atoms with van der Waals surface area (Å²) in [6, 6.07) is 2.50. The Labute approximate surface area is 127 Å². The van der Waals surface area contributed by atoms with Gasteiger partial charge in [-0.15, -0.1) is 11.3 Å². The number of aryl methyl sites for hydroxylation is 1. The zero-order valence-electron chi connectivity index (χ0n) is 11.4. The number of aromatic nitrogens is 2. The van der Waals surface area contributed by atoms with E-state index in [1.165, 1.54) is 10.6 Å². The number of nitrogens with zero attached hydrogens (tertiary/aromatic N) is 2. The van der Waals surface area contributed by atoms with E-state index in [9.17, 15) is 0 Å². The summed E-state index contributed by atoms with van der Waals surface area (Å²) in [5.74, 6) is 3.18. The average Bonchev–Trinajstić information content (AvgIpc) is 2.70. The molecule has 0 radical (unpaired) electrons. The first-order chi connectivity index (χ1) is 9.10. The maximum Gasteiger partial charge on any atom is 0.225 e. The molecule has 19 heavy (non-hydrogen) atoms. The molecule has 0 spiro atoms. The van der Waals surface area contributed by atoms with Gasteiger partial charge in [0.05, 0.1) is 5.39 Å². The second-order valence-corrected chi connectivity index (χ2v) is 7.41. The van der Waals surface area contributed by atoms with Gasteiger partial charge in [0.15, 0.2) is 0 Å². The third-order valence-corrected chi connectivity index (χ3v) is 4.82. The predicted octanol–water partition coefficient (Wildman–Crippen LogP) is 4.60. The molecule has 0 aliphatic rings. The standard InChI is InChI=1S/C13H18ClN3S2/c1-4-18-6-5-8(2)15-11-10-7-9(3)19-12(10)17-13(14)16-11/h7-8H,4-6H2,1-3H3,(H,15,16,17). The Morgan fingerprint density at radius 1 is 1.47 bits per heavy atom. The topological polar surface area (TPSA) is 37.8 Å². The monoisotopic (exact) mass is 315 g/mol. The summed E-state index contributed by atoms with van der Waals surface area (Å²) >= 11 is 9.59.